The highest BCUT2D eigenvalue weighted by atomic mass is 16.5. The van der Waals surface area contributed by atoms with Crippen molar-refractivity contribution in [2.24, 2.45) is 0 Å². The number of aliphatic hydroxyl groups is 1. The van der Waals surface area contributed by atoms with Crippen LogP contribution in [0.15, 0.2) is 48.5 Å². The molecule has 12 heteroatoms. The molecule has 2 heterocycles. The number of hydrogen-bond donors (Lipinski definition) is 4. The highest BCUT2D eigenvalue weighted by molar-refractivity contribution is 6.01. The number of likely N-dealkylation sites (tertiary alicyclic amines) is 1. The van der Waals surface area contributed by atoms with Crippen molar-refractivity contribution in [1.82, 2.24) is 25.8 Å². The van der Waals surface area contributed by atoms with E-state index in [9.17, 15) is 29.1 Å². The number of amides is 5. The molecule has 0 saturated carbocycles. The Balaban J connectivity index is 1.50. The number of hydrogen-bond acceptors (Lipinski definition) is 7. The Morgan fingerprint density at radius 1 is 1.05 bits per heavy atom. The molecule has 2 aliphatic heterocycles. The molecule has 1 fully saturated rings. The van der Waals surface area contributed by atoms with Crippen LogP contribution in [0, 0.1) is 0 Å². The summed E-state index contributed by atoms with van der Waals surface area (Å²) in [6.45, 7) is 0.907. The molecule has 41 heavy (non-hydrogen) atoms. The van der Waals surface area contributed by atoms with Gasteiger partial charge in [0.1, 0.15) is 24.4 Å². The van der Waals surface area contributed by atoms with Crippen LogP contribution in [0.2, 0.25) is 0 Å². The van der Waals surface area contributed by atoms with Gasteiger partial charge in [0.2, 0.25) is 23.6 Å². The van der Waals surface area contributed by atoms with E-state index in [4.69, 9.17) is 4.74 Å². The number of carbonyl (C=O) groups excluding carboxylic acids is 5. The Kier molecular flexibility index (Phi) is 9.91. The molecule has 0 bridgehead atoms. The van der Waals surface area contributed by atoms with Crippen LogP contribution in [0.3, 0.4) is 0 Å². The van der Waals surface area contributed by atoms with Crippen molar-refractivity contribution in [2.75, 3.05) is 33.4 Å². The van der Waals surface area contributed by atoms with E-state index in [1.165, 1.54) is 11.9 Å². The second kappa shape index (κ2) is 13.8. The predicted octanol–water partition coefficient (Wildman–Crippen LogP) is -0.0582. The van der Waals surface area contributed by atoms with Gasteiger partial charge in [0, 0.05) is 33.1 Å². The third-order valence-corrected chi connectivity index (χ3v) is 7.02. The molecule has 2 aromatic carbocycles. The number of nitrogens with zero attached hydrogens (tertiary/aromatic N) is 2. The zero-order chi connectivity index (χ0) is 29.4. The molecule has 1 saturated heterocycles. The van der Waals surface area contributed by atoms with Gasteiger partial charge in [0.25, 0.3) is 5.91 Å². The van der Waals surface area contributed by atoms with Crippen LogP contribution in [-0.2, 0) is 32.3 Å². The Hall–Kier alpha value is -4.45. The number of carbonyl (C=O) groups is 5. The zero-order valence-corrected chi connectivity index (χ0v) is 22.9. The van der Waals surface area contributed by atoms with Gasteiger partial charge >= 0.3 is 0 Å². The molecule has 2 aliphatic rings. The summed E-state index contributed by atoms with van der Waals surface area (Å²) in [7, 11) is 1.51. The van der Waals surface area contributed by atoms with E-state index in [-0.39, 0.29) is 36.9 Å². The van der Waals surface area contributed by atoms with Crippen molar-refractivity contribution in [3.8, 4) is 5.75 Å². The molecule has 4 N–H and O–H groups in total. The summed E-state index contributed by atoms with van der Waals surface area (Å²) >= 11 is 0. The number of likely N-dealkylation sites (N-methyl/N-ethyl adjacent to an activating group) is 1. The first-order valence-electron chi connectivity index (χ1n) is 13.6. The lowest BCUT2D eigenvalue weighted by Crippen LogP contribution is -2.53. The van der Waals surface area contributed by atoms with Gasteiger partial charge < -0.3 is 35.6 Å². The second-order valence-electron chi connectivity index (χ2n) is 10.1. The largest absolute Gasteiger partial charge is 0.491 e. The van der Waals surface area contributed by atoms with Crippen molar-refractivity contribution in [3.05, 3.63) is 65.2 Å². The molecule has 218 valence electrons. The number of fused-ring (bicyclic) bond motifs is 1. The maximum atomic E-state index is 13.3. The smallest absolute Gasteiger partial charge is 0.255 e. The van der Waals surface area contributed by atoms with E-state index in [0.29, 0.717) is 13.0 Å². The van der Waals surface area contributed by atoms with Crippen LogP contribution in [-0.4, -0.2) is 89.9 Å². The van der Waals surface area contributed by atoms with E-state index in [1.54, 1.807) is 29.2 Å². The first-order chi connectivity index (χ1) is 19.7. The van der Waals surface area contributed by atoms with E-state index in [1.807, 2.05) is 24.3 Å². The van der Waals surface area contributed by atoms with E-state index >= 15 is 0 Å². The summed E-state index contributed by atoms with van der Waals surface area (Å²) in [5.41, 5.74) is 1.89. The second-order valence-corrected chi connectivity index (χ2v) is 10.1. The molecule has 0 aliphatic carbocycles. The molecular weight excluding hydrogens is 530 g/mol. The Morgan fingerprint density at radius 3 is 2.59 bits per heavy atom. The Bertz CT molecular complexity index is 1300. The average Bonchev–Trinajstić information content (AvgIpc) is 3.37. The molecule has 5 amide bonds. The monoisotopic (exact) mass is 565 g/mol. The Labute approximate surface area is 238 Å². The fraction of sp³-hybridized carbons (Fsp3) is 0.414. The molecule has 2 aromatic rings. The van der Waals surface area contributed by atoms with Crippen molar-refractivity contribution in [3.63, 3.8) is 0 Å². The van der Waals surface area contributed by atoms with Crippen molar-refractivity contribution >= 4 is 29.5 Å². The quantitative estimate of drug-likeness (QED) is 0.382. The van der Waals surface area contributed by atoms with Crippen LogP contribution in [0.1, 0.15) is 40.7 Å². The fourth-order valence-corrected chi connectivity index (χ4v) is 4.76. The average molecular weight is 566 g/mol. The van der Waals surface area contributed by atoms with E-state index in [2.05, 4.69) is 16.0 Å². The van der Waals surface area contributed by atoms with E-state index < -0.39 is 48.7 Å². The number of nitrogens with one attached hydrogen (secondary N) is 3. The minimum atomic E-state index is -1.28. The van der Waals surface area contributed by atoms with Gasteiger partial charge in [-0.2, -0.15) is 0 Å². The van der Waals surface area contributed by atoms with Gasteiger partial charge in [-0.3, -0.25) is 24.0 Å². The third kappa shape index (κ3) is 7.82. The molecule has 0 unspecified atom stereocenters. The van der Waals surface area contributed by atoms with Crippen LogP contribution >= 0.6 is 0 Å². The van der Waals surface area contributed by atoms with Crippen LogP contribution < -0.4 is 20.7 Å². The third-order valence-electron chi connectivity index (χ3n) is 7.02. The van der Waals surface area contributed by atoms with Crippen molar-refractivity contribution < 1.29 is 33.8 Å². The standard InChI is InChI=1S/C29H35N5O7/c1-33-12-13-41-24-9-3-2-8-21(24)27(38)32-22(15-25(36)31-23(18-35)29(33)40)28(39)30-16-19-6-4-7-20(14-19)17-34-11-5-10-26(34)37/h2-4,6-9,14,22-23,35H,5,10-13,15-18H2,1H3,(H,30,39)(H,31,36)(H,32,38)/t22-,23-/m0/s1. The zero-order valence-electron chi connectivity index (χ0n) is 22.9. The molecule has 12 nitrogen and oxygen atoms in total. The minimum Gasteiger partial charge on any atom is -0.491 e. The van der Waals surface area contributed by atoms with Gasteiger partial charge in [-0.05, 0) is 29.7 Å². The van der Waals surface area contributed by atoms with Gasteiger partial charge in [0.15, 0.2) is 0 Å². The van der Waals surface area contributed by atoms with Crippen molar-refractivity contribution in [1.29, 1.82) is 0 Å². The number of rotatable bonds is 6. The summed E-state index contributed by atoms with van der Waals surface area (Å²) < 4.78 is 5.75. The summed E-state index contributed by atoms with van der Waals surface area (Å²) in [5.74, 6) is -2.04. The highest BCUT2D eigenvalue weighted by Gasteiger charge is 2.29. The van der Waals surface area contributed by atoms with Crippen LogP contribution in [0.4, 0.5) is 0 Å². The summed E-state index contributed by atoms with van der Waals surface area (Å²) in [6.07, 6.45) is 0.928. The number of benzene rings is 2. The first-order valence-corrected chi connectivity index (χ1v) is 13.6. The van der Waals surface area contributed by atoms with Gasteiger partial charge in [0.05, 0.1) is 25.1 Å². The molecule has 0 aromatic heterocycles. The fourth-order valence-electron chi connectivity index (χ4n) is 4.76. The van der Waals surface area contributed by atoms with Gasteiger partial charge in [-0.25, -0.2) is 0 Å². The van der Waals surface area contributed by atoms with Gasteiger partial charge in [-0.15, -0.1) is 0 Å². The molecule has 2 atom stereocenters. The minimum absolute atomic E-state index is 0.0630. The van der Waals surface area contributed by atoms with E-state index in [0.717, 1.165) is 24.1 Å². The van der Waals surface area contributed by atoms with Gasteiger partial charge in [-0.1, -0.05) is 36.4 Å². The normalized spacial score (nSPS) is 20.4. The maximum absolute atomic E-state index is 13.3. The predicted molar refractivity (Wildman–Crippen MR) is 147 cm³/mol. The number of aliphatic hydroxyl groups excluding tert-OH is 1. The maximum Gasteiger partial charge on any atom is 0.255 e. The molecule has 0 radical (unpaired) electrons. The SMILES string of the molecule is CN1CCOc2ccccc2C(=O)N[C@H](C(=O)NCc2cccc(CN3CCCC3=O)c2)CC(=O)N[C@@H](CO)C1=O. The first kappa shape index (κ1) is 29.5. The summed E-state index contributed by atoms with van der Waals surface area (Å²) in [6, 6.07) is 11.5. The molecule has 0 spiro atoms. The van der Waals surface area contributed by atoms with Crippen LogP contribution in [0.5, 0.6) is 5.75 Å². The van der Waals surface area contributed by atoms with Crippen molar-refractivity contribution in [2.45, 2.75) is 44.4 Å². The summed E-state index contributed by atoms with van der Waals surface area (Å²) in [4.78, 5) is 67.2. The topological polar surface area (TPSA) is 157 Å². The highest BCUT2D eigenvalue weighted by Crippen LogP contribution is 2.19. The lowest BCUT2D eigenvalue weighted by Gasteiger charge is -2.25. The molecule has 4 rings (SSSR count). The lowest BCUT2D eigenvalue weighted by atomic mass is 10.1. The molecular formula is C29H35N5O7. The summed E-state index contributed by atoms with van der Waals surface area (Å²) in [5, 5.41) is 17.6. The number of ether oxygens (including phenoxy) is 1. The number of para-hydroxylation sites is 1. The van der Waals surface area contributed by atoms with Crippen LogP contribution in [0.25, 0.3) is 0 Å². The Morgan fingerprint density at radius 2 is 1.83 bits per heavy atom. The lowest BCUT2D eigenvalue weighted by molar-refractivity contribution is -0.137.